The van der Waals surface area contributed by atoms with Crippen LogP contribution in [-0.2, 0) is 6.54 Å². The molecule has 112 valence electrons. The van der Waals surface area contributed by atoms with Crippen molar-refractivity contribution in [1.29, 1.82) is 0 Å². The molecule has 0 aromatic carbocycles. The summed E-state index contributed by atoms with van der Waals surface area (Å²) in [4.78, 5) is 11.9. The Labute approximate surface area is 121 Å². The van der Waals surface area contributed by atoms with Gasteiger partial charge in [-0.2, -0.15) is 5.10 Å². The Balaban J connectivity index is 1.63. The summed E-state index contributed by atoms with van der Waals surface area (Å²) in [5.41, 5.74) is 0.640. The van der Waals surface area contributed by atoms with Crippen molar-refractivity contribution in [2.24, 2.45) is 0 Å². The smallest absolute Gasteiger partial charge is 0.254 e. The van der Waals surface area contributed by atoms with Crippen molar-refractivity contribution in [2.45, 2.75) is 58.0 Å². The lowest BCUT2D eigenvalue weighted by molar-refractivity contribution is 0.0953. The van der Waals surface area contributed by atoms with E-state index in [1.807, 2.05) is 6.92 Å². The maximum absolute atomic E-state index is 11.9. The van der Waals surface area contributed by atoms with Crippen LogP contribution in [-0.4, -0.2) is 34.8 Å². The van der Waals surface area contributed by atoms with Crippen LogP contribution >= 0.6 is 0 Å². The Bertz CT molecular complexity index is 408. The third-order valence-corrected chi connectivity index (χ3v) is 3.92. The molecule has 0 spiro atoms. The van der Waals surface area contributed by atoms with Gasteiger partial charge in [0.25, 0.3) is 5.91 Å². The van der Waals surface area contributed by atoms with E-state index in [0.29, 0.717) is 18.2 Å². The number of amides is 1. The maximum atomic E-state index is 11.9. The SMILES string of the molecule is CCn1cc(C(=O)NCCNC2CCCCCC2)cn1. The predicted octanol–water partition coefficient (Wildman–Crippen LogP) is 1.95. The molecule has 5 nitrogen and oxygen atoms in total. The molecule has 0 atom stereocenters. The Morgan fingerprint density at radius 1 is 1.30 bits per heavy atom. The fraction of sp³-hybridized carbons (Fsp3) is 0.733. The highest BCUT2D eigenvalue weighted by molar-refractivity contribution is 5.93. The topological polar surface area (TPSA) is 59.0 Å². The van der Waals surface area contributed by atoms with Crippen LogP contribution in [0.5, 0.6) is 0 Å². The largest absolute Gasteiger partial charge is 0.351 e. The van der Waals surface area contributed by atoms with Gasteiger partial charge in [0.2, 0.25) is 0 Å². The van der Waals surface area contributed by atoms with Crippen molar-refractivity contribution >= 4 is 5.91 Å². The predicted molar refractivity (Wildman–Crippen MR) is 79.7 cm³/mol. The zero-order valence-corrected chi connectivity index (χ0v) is 12.4. The second-order valence-electron chi connectivity index (χ2n) is 5.48. The Kier molecular flexibility index (Phi) is 6.05. The summed E-state index contributed by atoms with van der Waals surface area (Å²) in [6.07, 6.45) is 11.4. The normalized spacial score (nSPS) is 16.9. The van der Waals surface area contributed by atoms with E-state index >= 15 is 0 Å². The number of hydrogen-bond donors (Lipinski definition) is 2. The van der Waals surface area contributed by atoms with Gasteiger partial charge in [0, 0.05) is 31.9 Å². The van der Waals surface area contributed by atoms with E-state index in [4.69, 9.17) is 0 Å². The van der Waals surface area contributed by atoms with E-state index in [1.165, 1.54) is 38.5 Å². The third-order valence-electron chi connectivity index (χ3n) is 3.92. The van der Waals surface area contributed by atoms with E-state index < -0.39 is 0 Å². The van der Waals surface area contributed by atoms with Crippen LogP contribution in [0.15, 0.2) is 12.4 Å². The first-order valence-electron chi connectivity index (χ1n) is 7.83. The van der Waals surface area contributed by atoms with E-state index in [-0.39, 0.29) is 5.91 Å². The van der Waals surface area contributed by atoms with Crippen LogP contribution in [0.25, 0.3) is 0 Å². The molecule has 1 saturated carbocycles. The highest BCUT2D eigenvalue weighted by Crippen LogP contribution is 2.16. The van der Waals surface area contributed by atoms with E-state index in [9.17, 15) is 4.79 Å². The van der Waals surface area contributed by atoms with Gasteiger partial charge in [0.15, 0.2) is 0 Å². The highest BCUT2D eigenvalue weighted by Gasteiger charge is 2.11. The fourth-order valence-electron chi connectivity index (χ4n) is 2.69. The average Bonchev–Trinajstić information content (AvgIpc) is 2.80. The first-order chi connectivity index (χ1) is 9.79. The molecule has 0 unspecified atom stereocenters. The van der Waals surface area contributed by atoms with Gasteiger partial charge in [-0.3, -0.25) is 9.48 Å². The van der Waals surface area contributed by atoms with Gasteiger partial charge in [-0.1, -0.05) is 25.7 Å². The van der Waals surface area contributed by atoms with Crippen LogP contribution in [0.3, 0.4) is 0 Å². The fourth-order valence-corrected chi connectivity index (χ4v) is 2.69. The second-order valence-corrected chi connectivity index (χ2v) is 5.48. The third kappa shape index (κ3) is 4.63. The van der Waals surface area contributed by atoms with Crippen LogP contribution < -0.4 is 10.6 Å². The molecule has 0 radical (unpaired) electrons. The summed E-state index contributed by atoms with van der Waals surface area (Å²) in [5.74, 6) is -0.0348. The molecule has 1 aliphatic rings. The molecule has 0 bridgehead atoms. The van der Waals surface area contributed by atoms with E-state index in [1.54, 1.807) is 17.1 Å². The Hall–Kier alpha value is -1.36. The lowest BCUT2D eigenvalue weighted by Gasteiger charge is -2.16. The molecular formula is C15H26N4O. The van der Waals surface area contributed by atoms with Crippen LogP contribution in [0.4, 0.5) is 0 Å². The molecule has 2 N–H and O–H groups in total. The van der Waals surface area contributed by atoms with Gasteiger partial charge >= 0.3 is 0 Å². The molecule has 5 heteroatoms. The van der Waals surface area contributed by atoms with Crippen molar-refractivity contribution in [1.82, 2.24) is 20.4 Å². The summed E-state index contributed by atoms with van der Waals surface area (Å²) in [5, 5.41) is 10.6. The van der Waals surface area contributed by atoms with Crippen molar-refractivity contribution in [3.05, 3.63) is 18.0 Å². The number of aromatic nitrogens is 2. The lowest BCUT2D eigenvalue weighted by atomic mass is 10.1. The number of carbonyl (C=O) groups excluding carboxylic acids is 1. The average molecular weight is 278 g/mol. The molecule has 0 saturated heterocycles. The number of rotatable bonds is 6. The van der Waals surface area contributed by atoms with Crippen LogP contribution in [0.2, 0.25) is 0 Å². The standard InChI is InChI=1S/C15H26N4O/c1-2-19-12-13(11-18-19)15(20)17-10-9-16-14-7-5-3-4-6-8-14/h11-12,14,16H,2-10H2,1H3,(H,17,20). The summed E-state index contributed by atoms with van der Waals surface area (Å²) < 4.78 is 1.76. The Morgan fingerprint density at radius 2 is 2.05 bits per heavy atom. The van der Waals surface area contributed by atoms with Gasteiger partial charge in [-0.15, -0.1) is 0 Å². The van der Waals surface area contributed by atoms with Gasteiger partial charge in [-0.05, 0) is 19.8 Å². The quantitative estimate of drug-likeness (QED) is 0.617. The van der Waals surface area contributed by atoms with Gasteiger partial charge < -0.3 is 10.6 Å². The summed E-state index contributed by atoms with van der Waals surface area (Å²) in [6, 6.07) is 0.636. The molecule has 0 aliphatic heterocycles. The molecular weight excluding hydrogens is 252 g/mol. The molecule has 1 aromatic rings. The number of carbonyl (C=O) groups is 1. The minimum atomic E-state index is -0.0348. The molecule has 2 rings (SSSR count). The number of nitrogens with one attached hydrogen (secondary N) is 2. The second kappa shape index (κ2) is 8.04. The van der Waals surface area contributed by atoms with Crippen LogP contribution in [0.1, 0.15) is 55.8 Å². The molecule has 1 fully saturated rings. The van der Waals surface area contributed by atoms with Gasteiger partial charge in [0.05, 0.1) is 11.8 Å². The van der Waals surface area contributed by atoms with Crippen molar-refractivity contribution < 1.29 is 4.79 Å². The Morgan fingerprint density at radius 3 is 2.70 bits per heavy atom. The molecule has 1 heterocycles. The minimum absolute atomic E-state index is 0.0348. The van der Waals surface area contributed by atoms with E-state index in [2.05, 4.69) is 15.7 Å². The zero-order chi connectivity index (χ0) is 14.2. The molecule has 1 aliphatic carbocycles. The van der Waals surface area contributed by atoms with Gasteiger partial charge in [-0.25, -0.2) is 0 Å². The van der Waals surface area contributed by atoms with Crippen molar-refractivity contribution in [3.8, 4) is 0 Å². The number of nitrogens with zero attached hydrogens (tertiary/aromatic N) is 2. The minimum Gasteiger partial charge on any atom is -0.351 e. The monoisotopic (exact) mass is 278 g/mol. The summed E-state index contributed by atoms with van der Waals surface area (Å²) >= 11 is 0. The first kappa shape index (κ1) is 15.0. The number of hydrogen-bond acceptors (Lipinski definition) is 3. The molecule has 1 aromatic heterocycles. The first-order valence-corrected chi connectivity index (χ1v) is 7.83. The highest BCUT2D eigenvalue weighted by atomic mass is 16.1. The maximum Gasteiger partial charge on any atom is 0.254 e. The van der Waals surface area contributed by atoms with Crippen LogP contribution in [0, 0.1) is 0 Å². The van der Waals surface area contributed by atoms with Gasteiger partial charge in [0.1, 0.15) is 0 Å². The summed E-state index contributed by atoms with van der Waals surface area (Å²) in [7, 11) is 0. The lowest BCUT2D eigenvalue weighted by Crippen LogP contribution is -2.36. The number of aryl methyl sites for hydroxylation is 1. The molecule has 1 amide bonds. The van der Waals surface area contributed by atoms with E-state index in [0.717, 1.165) is 13.1 Å². The van der Waals surface area contributed by atoms with Crippen molar-refractivity contribution in [3.63, 3.8) is 0 Å². The summed E-state index contributed by atoms with van der Waals surface area (Å²) in [6.45, 7) is 4.31. The molecule has 20 heavy (non-hydrogen) atoms. The van der Waals surface area contributed by atoms with Crippen molar-refractivity contribution in [2.75, 3.05) is 13.1 Å². The zero-order valence-electron chi connectivity index (χ0n) is 12.4.